The van der Waals surface area contributed by atoms with E-state index < -0.39 is 55.7 Å². The molecule has 7 nitrogen and oxygen atoms in total. The number of fused-ring (bicyclic) bond motifs is 1. The molecule has 2 amide bonds. The monoisotopic (exact) mass is 522 g/mol. The van der Waals surface area contributed by atoms with Gasteiger partial charge in [-0.2, -0.15) is 0 Å². The van der Waals surface area contributed by atoms with Crippen molar-refractivity contribution < 1.29 is 28.7 Å². The predicted octanol–water partition coefficient (Wildman–Crippen LogP) is 3.70. The van der Waals surface area contributed by atoms with E-state index >= 15 is 0 Å². The number of nitrogens with zero attached hydrogens (tertiary/aromatic N) is 1. The number of likely N-dealkylation sites (tertiary alicyclic amines) is 1. The summed E-state index contributed by atoms with van der Waals surface area (Å²) in [5.41, 5.74) is -0.00903. The lowest BCUT2D eigenvalue weighted by molar-refractivity contribution is -0.196. The van der Waals surface area contributed by atoms with Crippen LogP contribution in [-0.2, 0) is 25.2 Å². The van der Waals surface area contributed by atoms with E-state index in [0.29, 0.717) is 18.4 Å². The number of aliphatic carboxylic acids is 1. The molecule has 1 aromatic carbocycles. The third kappa shape index (κ3) is 3.99. The molecule has 1 saturated heterocycles. The zero-order chi connectivity index (χ0) is 24.2. The van der Waals surface area contributed by atoms with Crippen LogP contribution >= 0.6 is 15.9 Å². The highest BCUT2D eigenvalue weighted by atomic mass is 79.9. The van der Waals surface area contributed by atoms with Crippen molar-refractivity contribution in [1.82, 2.24) is 4.90 Å². The Bertz CT molecular complexity index is 987. The number of benzene rings is 1. The highest BCUT2D eigenvalue weighted by Crippen LogP contribution is 2.51. The molecule has 1 N–H and O–H groups in total. The van der Waals surface area contributed by atoms with Crippen LogP contribution in [-0.4, -0.2) is 54.3 Å². The lowest BCUT2D eigenvalue weighted by Crippen LogP contribution is -2.76. The molecular formula is C23H29BrNO6Si. The van der Waals surface area contributed by atoms with E-state index in [1.54, 1.807) is 6.07 Å². The number of halogens is 1. The standard InChI is InChI=1S/C23H29BrNO6Si/c1-22(2,3)23(4,31-32(5)6)16-17(25(19(16)27)20(28)21(29)30)14-10-8-12-7-9-13(24)11-15(12)18(14)26/h7,9,11,14,16-17H,8,10H2,1-6H3,(H,29,30)/t14-,16+,17+,23+/m0/s1. The SMILES string of the molecule is C[Si](C)O[C@](C)([C@H]1C(=O)N(C(=O)C(=O)O)[C@@H]1[C@@H]1CCc2ccc(Br)cc2C1=O)C(C)(C)C. The molecule has 0 aromatic heterocycles. The van der Waals surface area contributed by atoms with Gasteiger partial charge in [-0.3, -0.25) is 19.3 Å². The smallest absolute Gasteiger partial charge is 0.395 e. The Labute approximate surface area is 198 Å². The van der Waals surface area contributed by atoms with Gasteiger partial charge < -0.3 is 9.53 Å². The Morgan fingerprint density at radius 2 is 1.81 bits per heavy atom. The molecule has 1 aliphatic carbocycles. The normalized spacial score (nSPS) is 25.2. The minimum Gasteiger partial charge on any atom is -0.474 e. The first-order valence-electron chi connectivity index (χ1n) is 10.6. The molecule has 32 heavy (non-hydrogen) atoms. The van der Waals surface area contributed by atoms with Gasteiger partial charge in [-0.25, -0.2) is 4.79 Å². The van der Waals surface area contributed by atoms with E-state index in [2.05, 4.69) is 15.9 Å². The van der Waals surface area contributed by atoms with Crippen LogP contribution in [0, 0.1) is 17.3 Å². The fraction of sp³-hybridized carbons (Fsp3) is 0.565. The zero-order valence-corrected chi connectivity index (χ0v) is 21.8. The highest BCUT2D eigenvalue weighted by molar-refractivity contribution is 9.10. The average molecular weight is 523 g/mol. The maximum atomic E-state index is 13.5. The lowest BCUT2D eigenvalue weighted by Gasteiger charge is -2.59. The summed E-state index contributed by atoms with van der Waals surface area (Å²) >= 11 is 3.40. The van der Waals surface area contributed by atoms with Crippen LogP contribution < -0.4 is 0 Å². The summed E-state index contributed by atoms with van der Waals surface area (Å²) in [7, 11) is -1.25. The Morgan fingerprint density at radius 3 is 2.34 bits per heavy atom. The summed E-state index contributed by atoms with van der Waals surface area (Å²) in [5.74, 6) is -5.24. The van der Waals surface area contributed by atoms with Crippen LogP contribution in [0.3, 0.4) is 0 Å². The third-order valence-corrected chi connectivity index (χ3v) is 8.18. The minimum absolute atomic E-state index is 0.173. The van der Waals surface area contributed by atoms with Crippen LogP contribution in [0.4, 0.5) is 0 Å². The number of carboxylic acids is 1. The van der Waals surface area contributed by atoms with Gasteiger partial charge in [-0.05, 0) is 56.0 Å². The second kappa shape index (κ2) is 8.50. The number of carbonyl (C=O) groups excluding carboxylic acids is 3. The van der Waals surface area contributed by atoms with E-state index in [1.165, 1.54) is 0 Å². The predicted molar refractivity (Wildman–Crippen MR) is 123 cm³/mol. The van der Waals surface area contributed by atoms with Crippen LogP contribution in [0.25, 0.3) is 0 Å². The Balaban J connectivity index is 2.11. The molecule has 4 atom stereocenters. The van der Waals surface area contributed by atoms with Crippen molar-refractivity contribution in [2.75, 3.05) is 0 Å². The Hall–Kier alpha value is -1.84. The van der Waals surface area contributed by atoms with Gasteiger partial charge in [-0.1, -0.05) is 42.8 Å². The highest BCUT2D eigenvalue weighted by Gasteiger charge is 2.66. The zero-order valence-electron chi connectivity index (χ0n) is 19.2. The Morgan fingerprint density at radius 1 is 1.19 bits per heavy atom. The molecule has 0 saturated carbocycles. The van der Waals surface area contributed by atoms with Gasteiger partial charge in [-0.15, -0.1) is 0 Å². The quantitative estimate of drug-likeness (QED) is 0.367. The van der Waals surface area contributed by atoms with E-state index in [-0.39, 0.29) is 5.78 Å². The molecule has 2 aliphatic rings. The van der Waals surface area contributed by atoms with E-state index in [9.17, 15) is 24.3 Å². The number of β-lactam (4-membered cyclic amide) rings is 1. The number of aryl methyl sites for hydroxylation is 1. The third-order valence-electron chi connectivity index (χ3n) is 6.85. The lowest BCUT2D eigenvalue weighted by atomic mass is 9.59. The number of hydrogen-bond donors (Lipinski definition) is 1. The molecule has 1 aromatic rings. The van der Waals surface area contributed by atoms with Gasteiger partial charge in [0.2, 0.25) is 14.9 Å². The first-order chi connectivity index (χ1) is 14.7. The molecule has 0 unspecified atom stereocenters. The van der Waals surface area contributed by atoms with Crippen molar-refractivity contribution in [1.29, 1.82) is 0 Å². The maximum absolute atomic E-state index is 13.5. The van der Waals surface area contributed by atoms with Crippen molar-refractivity contribution in [3.05, 3.63) is 33.8 Å². The Kier molecular flexibility index (Phi) is 6.58. The number of Topliss-reactive ketones (excluding diaryl/α,β-unsaturated/α-hetero) is 1. The fourth-order valence-corrected chi connectivity index (χ4v) is 6.54. The summed E-state index contributed by atoms with van der Waals surface area (Å²) < 4.78 is 7.15. The number of hydrogen-bond acceptors (Lipinski definition) is 5. The molecule has 1 heterocycles. The van der Waals surface area contributed by atoms with Crippen molar-refractivity contribution in [3.8, 4) is 0 Å². The van der Waals surface area contributed by atoms with Crippen LogP contribution in [0.1, 0.15) is 50.0 Å². The fourth-order valence-electron chi connectivity index (χ4n) is 4.89. The summed E-state index contributed by atoms with van der Waals surface area (Å²) in [6.07, 6.45) is 1.04. The molecule has 0 bridgehead atoms. The van der Waals surface area contributed by atoms with Gasteiger partial charge in [0.25, 0.3) is 0 Å². The molecule has 1 radical (unpaired) electrons. The van der Waals surface area contributed by atoms with Crippen LogP contribution in [0.15, 0.2) is 22.7 Å². The minimum atomic E-state index is -1.71. The average Bonchev–Trinajstić information content (AvgIpc) is 2.65. The number of rotatable bonds is 4. The number of ketones is 1. The van der Waals surface area contributed by atoms with Gasteiger partial charge >= 0.3 is 11.9 Å². The first-order valence-corrected chi connectivity index (χ1v) is 13.8. The second-order valence-electron chi connectivity index (χ2n) is 9.97. The van der Waals surface area contributed by atoms with Crippen LogP contribution in [0.2, 0.25) is 13.1 Å². The molecule has 9 heteroatoms. The maximum Gasteiger partial charge on any atom is 0.395 e. The van der Waals surface area contributed by atoms with Gasteiger partial charge in [0, 0.05) is 16.0 Å². The summed E-state index contributed by atoms with van der Waals surface area (Å²) in [5, 5.41) is 9.34. The van der Waals surface area contributed by atoms with E-state index in [0.717, 1.165) is 14.9 Å². The molecular weight excluding hydrogens is 494 g/mol. The molecule has 0 spiro atoms. The van der Waals surface area contributed by atoms with Crippen molar-refractivity contribution in [2.24, 2.45) is 17.3 Å². The summed E-state index contributed by atoms with van der Waals surface area (Å²) in [4.78, 5) is 51.6. The number of amides is 2. The van der Waals surface area contributed by atoms with Crippen molar-refractivity contribution in [2.45, 2.75) is 65.3 Å². The second-order valence-corrected chi connectivity index (χ2v) is 12.9. The van der Waals surface area contributed by atoms with Gasteiger partial charge in [0.05, 0.1) is 17.6 Å². The summed E-state index contributed by atoms with van der Waals surface area (Å²) in [6.45, 7) is 11.6. The molecule has 1 aliphatic heterocycles. The van der Waals surface area contributed by atoms with Crippen molar-refractivity contribution >= 4 is 48.5 Å². The van der Waals surface area contributed by atoms with E-state index in [1.807, 2.05) is 52.9 Å². The van der Waals surface area contributed by atoms with Crippen LogP contribution in [0.5, 0.6) is 0 Å². The van der Waals surface area contributed by atoms with E-state index in [4.69, 9.17) is 4.43 Å². The van der Waals surface area contributed by atoms with Gasteiger partial charge in [0.1, 0.15) is 0 Å². The first kappa shape index (κ1) is 24.8. The summed E-state index contributed by atoms with van der Waals surface area (Å²) in [6, 6.07) is 4.65. The number of carbonyl (C=O) groups is 4. The largest absolute Gasteiger partial charge is 0.474 e. The number of carboxylic acid groups (broad SMARTS) is 1. The molecule has 3 rings (SSSR count). The number of imide groups is 1. The van der Waals surface area contributed by atoms with Gasteiger partial charge in [0.15, 0.2) is 5.78 Å². The van der Waals surface area contributed by atoms with Crippen molar-refractivity contribution in [3.63, 3.8) is 0 Å². The topological polar surface area (TPSA) is 101 Å². The molecule has 173 valence electrons. The molecule has 1 fully saturated rings.